The highest BCUT2D eigenvalue weighted by Crippen LogP contribution is 2.35. The molecule has 0 spiro atoms. The van der Waals surface area contributed by atoms with Gasteiger partial charge in [-0.3, -0.25) is 9.88 Å². The molecule has 0 radical (unpaired) electrons. The van der Waals surface area contributed by atoms with Crippen LogP contribution in [0.3, 0.4) is 0 Å². The van der Waals surface area contributed by atoms with E-state index < -0.39 is 5.92 Å². The van der Waals surface area contributed by atoms with Crippen molar-refractivity contribution in [1.82, 2.24) is 20.5 Å². The highest BCUT2D eigenvalue weighted by Gasteiger charge is 2.34. The fourth-order valence-electron chi connectivity index (χ4n) is 6.68. The number of hydrogen-bond donors (Lipinski definition) is 2. The summed E-state index contributed by atoms with van der Waals surface area (Å²) in [4.78, 5) is 7.51. The maximum atomic E-state index is 13.5. The summed E-state index contributed by atoms with van der Waals surface area (Å²) in [6.07, 6.45) is 7.54. The zero-order valence-corrected chi connectivity index (χ0v) is 22.7. The summed E-state index contributed by atoms with van der Waals surface area (Å²) in [5.41, 5.74) is 8.02. The van der Waals surface area contributed by atoms with Crippen LogP contribution in [-0.2, 0) is 32.5 Å². The van der Waals surface area contributed by atoms with Crippen LogP contribution in [0.2, 0.25) is 0 Å². The molecule has 0 amide bonds. The summed E-state index contributed by atoms with van der Waals surface area (Å²) in [6.45, 7) is 3.51. The van der Waals surface area contributed by atoms with Crippen LogP contribution in [0.5, 0.6) is 0 Å². The first kappa shape index (κ1) is 26.5. The van der Waals surface area contributed by atoms with Crippen molar-refractivity contribution in [2.75, 3.05) is 6.54 Å². The van der Waals surface area contributed by atoms with Gasteiger partial charge in [0.15, 0.2) is 0 Å². The van der Waals surface area contributed by atoms with Crippen LogP contribution >= 0.6 is 0 Å². The molecule has 4 nitrogen and oxygen atoms in total. The van der Waals surface area contributed by atoms with Crippen LogP contribution in [0.1, 0.15) is 78.1 Å². The molecule has 1 aromatic heterocycles. The van der Waals surface area contributed by atoms with Crippen molar-refractivity contribution in [3.05, 3.63) is 100 Å². The van der Waals surface area contributed by atoms with E-state index in [9.17, 15) is 8.78 Å². The molecule has 6 heteroatoms. The van der Waals surface area contributed by atoms with Gasteiger partial charge in [-0.2, -0.15) is 0 Å². The summed E-state index contributed by atoms with van der Waals surface area (Å²) >= 11 is 0. The number of aryl methyl sites for hydroxylation is 1. The minimum Gasteiger partial charge on any atom is -0.310 e. The van der Waals surface area contributed by atoms with Gasteiger partial charge in [0.05, 0.1) is 11.7 Å². The smallest absolute Gasteiger partial charge is 0.248 e. The zero-order chi connectivity index (χ0) is 26.7. The first-order valence-electron chi connectivity index (χ1n) is 14.7. The second-order valence-corrected chi connectivity index (χ2v) is 11.8. The van der Waals surface area contributed by atoms with Gasteiger partial charge in [-0.1, -0.05) is 54.6 Å². The number of halogens is 2. The van der Waals surface area contributed by atoms with Gasteiger partial charge in [-0.15, -0.1) is 0 Å². The monoisotopic (exact) mass is 530 g/mol. The highest BCUT2D eigenvalue weighted by atomic mass is 19.3. The minimum absolute atomic E-state index is 0.0000275. The molecule has 0 saturated heterocycles. The number of nitrogens with zero attached hydrogens (tertiary/aromatic N) is 2. The van der Waals surface area contributed by atoms with Crippen molar-refractivity contribution >= 4 is 0 Å². The molecule has 1 saturated carbocycles. The molecule has 1 aliphatic heterocycles. The third-order valence-corrected chi connectivity index (χ3v) is 8.95. The lowest BCUT2D eigenvalue weighted by atomic mass is 9.89. The lowest BCUT2D eigenvalue weighted by Gasteiger charge is -2.38. The number of alkyl halides is 2. The second-order valence-electron chi connectivity index (χ2n) is 11.8. The van der Waals surface area contributed by atoms with E-state index in [2.05, 4.69) is 76.2 Å². The number of benzene rings is 2. The van der Waals surface area contributed by atoms with E-state index in [1.807, 2.05) is 6.20 Å². The Hall–Kier alpha value is -2.67. The summed E-state index contributed by atoms with van der Waals surface area (Å²) in [6, 6.07) is 22.9. The molecule has 0 bridgehead atoms. The predicted octanol–water partition coefficient (Wildman–Crippen LogP) is 6.34. The molecule has 1 fully saturated rings. The number of rotatable bonds is 8. The number of aromatic nitrogens is 1. The van der Waals surface area contributed by atoms with Gasteiger partial charge in [0, 0.05) is 57.3 Å². The van der Waals surface area contributed by atoms with Gasteiger partial charge in [0.2, 0.25) is 5.92 Å². The van der Waals surface area contributed by atoms with Crippen molar-refractivity contribution in [2.24, 2.45) is 0 Å². The fraction of sp³-hybridized carbons (Fsp3) is 0.485. The molecular formula is C33H40F2N4. The summed E-state index contributed by atoms with van der Waals surface area (Å²) in [7, 11) is 0. The Kier molecular flexibility index (Phi) is 8.05. The molecule has 3 aromatic rings. The molecule has 206 valence electrons. The minimum atomic E-state index is -2.48. The largest absolute Gasteiger partial charge is 0.310 e. The normalized spacial score (nSPS) is 22.8. The van der Waals surface area contributed by atoms with E-state index in [1.54, 1.807) is 0 Å². The topological polar surface area (TPSA) is 40.2 Å². The van der Waals surface area contributed by atoms with E-state index >= 15 is 0 Å². The predicted molar refractivity (Wildman–Crippen MR) is 152 cm³/mol. The lowest BCUT2D eigenvalue weighted by molar-refractivity contribution is -0.0405. The van der Waals surface area contributed by atoms with Gasteiger partial charge in [0.1, 0.15) is 0 Å². The molecule has 0 unspecified atom stereocenters. The lowest BCUT2D eigenvalue weighted by Crippen LogP contribution is -2.46. The Morgan fingerprint density at radius 3 is 2.46 bits per heavy atom. The first-order valence-corrected chi connectivity index (χ1v) is 14.7. The molecule has 3 aliphatic rings. The average Bonchev–Trinajstić information content (AvgIpc) is 2.97. The van der Waals surface area contributed by atoms with E-state index in [1.165, 1.54) is 39.9 Å². The Morgan fingerprint density at radius 2 is 1.64 bits per heavy atom. The SMILES string of the molecule is FC1(F)CCC(NCc2ccc(CN(C[C@H]3Cc4ccccc4CN3)[C@H]3CCCc4cccnc43)cc2)CC1. The highest BCUT2D eigenvalue weighted by molar-refractivity contribution is 5.31. The zero-order valence-electron chi connectivity index (χ0n) is 22.7. The maximum absolute atomic E-state index is 13.5. The molecule has 2 atom stereocenters. The Labute approximate surface area is 231 Å². The van der Waals surface area contributed by atoms with Crippen molar-refractivity contribution in [3.63, 3.8) is 0 Å². The Balaban J connectivity index is 1.14. The third kappa shape index (κ3) is 6.56. The number of pyridine rings is 1. The van der Waals surface area contributed by atoms with Gasteiger partial charge in [-0.25, -0.2) is 8.78 Å². The quantitative estimate of drug-likeness (QED) is 0.356. The average molecular weight is 531 g/mol. The van der Waals surface area contributed by atoms with Gasteiger partial charge in [-0.05, 0) is 72.4 Å². The molecule has 2 aliphatic carbocycles. The van der Waals surface area contributed by atoms with Gasteiger partial charge in [0.25, 0.3) is 0 Å². The van der Waals surface area contributed by atoms with Crippen LogP contribution < -0.4 is 10.6 Å². The van der Waals surface area contributed by atoms with Crippen LogP contribution in [0.25, 0.3) is 0 Å². The molecule has 39 heavy (non-hydrogen) atoms. The van der Waals surface area contributed by atoms with Crippen LogP contribution in [0.4, 0.5) is 8.78 Å². The van der Waals surface area contributed by atoms with Crippen LogP contribution in [0, 0.1) is 0 Å². The molecule has 2 aromatic carbocycles. The Bertz CT molecular complexity index is 1230. The summed E-state index contributed by atoms with van der Waals surface area (Å²) in [5.74, 6) is -2.48. The van der Waals surface area contributed by atoms with Gasteiger partial charge >= 0.3 is 0 Å². The Morgan fingerprint density at radius 1 is 0.897 bits per heavy atom. The van der Waals surface area contributed by atoms with Crippen molar-refractivity contribution in [2.45, 2.75) is 95.0 Å². The second kappa shape index (κ2) is 11.8. The summed E-state index contributed by atoms with van der Waals surface area (Å²) in [5, 5.41) is 7.30. The third-order valence-electron chi connectivity index (χ3n) is 8.95. The van der Waals surface area contributed by atoms with Crippen molar-refractivity contribution < 1.29 is 8.78 Å². The molecular weight excluding hydrogens is 490 g/mol. The van der Waals surface area contributed by atoms with E-state index in [4.69, 9.17) is 4.98 Å². The van der Waals surface area contributed by atoms with E-state index in [0.717, 1.165) is 45.4 Å². The molecule has 6 rings (SSSR count). The summed E-state index contributed by atoms with van der Waals surface area (Å²) < 4.78 is 27.0. The fourth-order valence-corrected chi connectivity index (χ4v) is 6.68. The standard InChI is InChI=1S/C33H40F2N4/c34-33(35)16-14-29(15-17-33)37-20-24-10-12-25(13-11-24)22-39(31-9-3-7-26-8-4-18-36-32(26)31)23-30-19-27-5-1-2-6-28(27)21-38-30/h1-2,4-6,8,10-13,18,29-31,37-38H,3,7,9,14-17,19-23H2/t30-,31+/m1/s1. The van der Waals surface area contributed by atoms with E-state index in [0.29, 0.717) is 24.9 Å². The first-order chi connectivity index (χ1) is 19.0. The van der Waals surface area contributed by atoms with Gasteiger partial charge < -0.3 is 10.6 Å². The molecule has 2 N–H and O–H groups in total. The number of fused-ring (bicyclic) bond motifs is 2. The molecule has 2 heterocycles. The van der Waals surface area contributed by atoms with Crippen LogP contribution in [-0.4, -0.2) is 34.4 Å². The van der Waals surface area contributed by atoms with Crippen molar-refractivity contribution in [1.29, 1.82) is 0 Å². The van der Waals surface area contributed by atoms with Crippen molar-refractivity contribution in [3.8, 4) is 0 Å². The van der Waals surface area contributed by atoms with Crippen LogP contribution in [0.15, 0.2) is 66.9 Å². The van der Waals surface area contributed by atoms with E-state index in [-0.39, 0.29) is 18.9 Å². The maximum Gasteiger partial charge on any atom is 0.248 e. The number of nitrogens with one attached hydrogen (secondary N) is 2. The number of hydrogen-bond acceptors (Lipinski definition) is 4.